The van der Waals surface area contributed by atoms with Gasteiger partial charge >= 0.3 is 24.5 Å². The minimum absolute atomic E-state index is 0.0280. The highest BCUT2D eigenvalue weighted by molar-refractivity contribution is 7.39. The largest absolute Gasteiger partial charge is 0.449 e. The zero-order chi connectivity index (χ0) is 38.3. The van der Waals surface area contributed by atoms with Gasteiger partial charge in [-0.05, 0) is 12.8 Å². The number of carbonyl (C=O) groups excluding carboxylic acids is 5. The minimum Gasteiger partial charge on any atom is -0.449 e. The third-order valence-corrected chi connectivity index (χ3v) is 9.79. The molecule has 1 aromatic carbocycles. The van der Waals surface area contributed by atoms with E-state index in [0.717, 1.165) is 12.8 Å². The number of rotatable bonds is 18. The summed E-state index contributed by atoms with van der Waals surface area (Å²) < 4.78 is 39.9. The summed E-state index contributed by atoms with van der Waals surface area (Å²) in [6.07, 6.45) is 0.686. The van der Waals surface area contributed by atoms with E-state index in [1.54, 1.807) is 19.2 Å². The van der Waals surface area contributed by atoms with E-state index in [1.165, 1.54) is 24.8 Å². The van der Waals surface area contributed by atoms with Crippen LogP contribution in [0.1, 0.15) is 63.4 Å². The lowest BCUT2D eigenvalue weighted by atomic mass is 10.0. The van der Waals surface area contributed by atoms with Crippen molar-refractivity contribution in [3.63, 3.8) is 0 Å². The molecule has 53 heavy (non-hydrogen) atoms. The second kappa shape index (κ2) is 20.7. The van der Waals surface area contributed by atoms with Crippen molar-refractivity contribution in [2.24, 2.45) is 0 Å². The Morgan fingerprint density at radius 3 is 2.38 bits per heavy atom. The van der Waals surface area contributed by atoms with Crippen LogP contribution < -0.4 is 15.5 Å². The molecular weight excluding hydrogens is 711 g/mol. The van der Waals surface area contributed by atoms with E-state index >= 15 is 0 Å². The Morgan fingerprint density at radius 1 is 1.02 bits per heavy atom. The van der Waals surface area contributed by atoms with Crippen LogP contribution in [0.15, 0.2) is 36.4 Å². The highest BCUT2D eigenvalue weighted by Gasteiger charge is 2.39. The summed E-state index contributed by atoms with van der Waals surface area (Å²) in [5, 5.41) is 5.75. The van der Waals surface area contributed by atoms with Gasteiger partial charge in [-0.1, -0.05) is 57.5 Å². The zero-order valence-corrected chi connectivity index (χ0v) is 31.5. The van der Waals surface area contributed by atoms with Crippen LogP contribution in [0.3, 0.4) is 0 Å². The molecule has 0 spiro atoms. The summed E-state index contributed by atoms with van der Waals surface area (Å²) in [6, 6.07) is 7.96. The van der Waals surface area contributed by atoms with E-state index in [9.17, 15) is 28.5 Å². The lowest BCUT2D eigenvalue weighted by Gasteiger charge is -2.36. The van der Waals surface area contributed by atoms with Crippen LogP contribution in [-0.2, 0) is 42.4 Å². The summed E-state index contributed by atoms with van der Waals surface area (Å²) in [5.74, 6) is -2.28. The topological polar surface area (TPSA) is 205 Å². The first-order valence-electron chi connectivity index (χ1n) is 17.9. The number of amides is 2. The predicted molar refractivity (Wildman–Crippen MR) is 192 cm³/mol. The van der Waals surface area contributed by atoms with Gasteiger partial charge in [-0.25, -0.2) is 14.8 Å². The Morgan fingerprint density at radius 2 is 1.74 bits per heavy atom. The van der Waals surface area contributed by atoms with Crippen LogP contribution >= 0.6 is 8.03 Å². The molecule has 4 atom stereocenters. The van der Waals surface area contributed by atoms with Gasteiger partial charge in [-0.15, -0.1) is 0 Å². The summed E-state index contributed by atoms with van der Waals surface area (Å²) in [6.45, 7) is 4.91. The molecule has 2 aliphatic rings. The van der Waals surface area contributed by atoms with Crippen LogP contribution in [0.5, 0.6) is 0 Å². The number of nitrogens with one attached hydrogen (secondary N) is 2. The maximum Gasteiger partial charge on any atom is 0.410 e. The fourth-order valence-electron chi connectivity index (χ4n) is 5.58. The third kappa shape index (κ3) is 12.0. The molecule has 2 saturated heterocycles. The van der Waals surface area contributed by atoms with E-state index in [2.05, 4.69) is 15.6 Å². The monoisotopic (exact) mass is 760 g/mol. The Bertz CT molecular complexity index is 1580. The number of ether oxygens (including phenoxy) is 4. The summed E-state index contributed by atoms with van der Waals surface area (Å²) in [5.41, 5.74) is 0.578. The molecule has 2 N–H and O–H groups in total. The molecule has 17 nitrogen and oxygen atoms in total. The number of piperazine rings is 1. The van der Waals surface area contributed by atoms with Gasteiger partial charge in [0, 0.05) is 70.5 Å². The van der Waals surface area contributed by atoms with Crippen LogP contribution in [0.2, 0.25) is 0 Å². The molecule has 0 saturated carbocycles. The molecule has 3 heterocycles. The van der Waals surface area contributed by atoms with Crippen molar-refractivity contribution in [2.75, 3.05) is 57.5 Å². The molecule has 1 aromatic heterocycles. The Kier molecular flexibility index (Phi) is 16.1. The number of hydrogen-bond donors (Lipinski definition) is 2. The maximum atomic E-state index is 14.3. The number of benzene rings is 1. The van der Waals surface area contributed by atoms with Gasteiger partial charge in [-0.3, -0.25) is 33.2 Å². The van der Waals surface area contributed by atoms with Crippen molar-refractivity contribution in [3.8, 4) is 11.4 Å². The third-order valence-electron chi connectivity index (χ3n) is 8.59. The number of methoxy groups -OCH3 is 1. The molecule has 2 fully saturated rings. The molecule has 2 aromatic rings. The summed E-state index contributed by atoms with van der Waals surface area (Å²) in [4.78, 5) is 78.0. The number of aromatic nitrogens is 2. The molecule has 4 unspecified atom stereocenters. The van der Waals surface area contributed by atoms with E-state index in [0.29, 0.717) is 37.4 Å². The fraction of sp³-hybridized carbons (Fsp3) is 0.571. The summed E-state index contributed by atoms with van der Waals surface area (Å²) >= 11 is 0. The highest BCUT2D eigenvalue weighted by Crippen LogP contribution is 2.29. The SMILES string of the molecule is CCCCOC(=O)N1CCNCC1C(=O)C(C[PH](=O)OC(OC(=O)CC)OC(=O)CC)NC(=O)c1cc(N2CCC(OC)C2)nc(-c2ccccc2)n1. The number of unbranched alkanes of at least 4 members (excludes halogenated alkanes) is 1. The van der Waals surface area contributed by atoms with Crippen LogP contribution in [0.4, 0.5) is 10.6 Å². The smallest absolute Gasteiger partial charge is 0.410 e. The first-order chi connectivity index (χ1) is 25.6. The van der Waals surface area contributed by atoms with Gasteiger partial charge in [0.05, 0.1) is 18.8 Å². The number of hydrogen-bond acceptors (Lipinski definition) is 15. The normalized spacial score (nSPS) is 18.3. The van der Waals surface area contributed by atoms with Crippen molar-refractivity contribution in [2.45, 2.75) is 77.5 Å². The Labute approximate surface area is 309 Å². The first kappa shape index (κ1) is 41.3. The van der Waals surface area contributed by atoms with Crippen molar-refractivity contribution in [3.05, 3.63) is 42.1 Å². The van der Waals surface area contributed by atoms with Gasteiger partial charge < -0.3 is 34.5 Å². The number of Topliss-reactive ketones (excluding diaryl/α,β-unsaturated/α-hetero) is 1. The number of ketones is 1. The number of carbonyl (C=O) groups is 5. The van der Waals surface area contributed by atoms with Crippen molar-refractivity contribution >= 4 is 43.6 Å². The standard InChI is InChI=1S/C35H49N6O11P/c1-5-8-18-49-34(46)41-17-15-36-20-27(41)31(44)26(22-53(47)52-35(50-29(42)6-2)51-30(43)7-3)38-33(45)25-19-28(40-16-14-24(21-40)48-4)39-32(37-25)23-12-10-9-11-13-23/h9-13,19,24,26-27,35-36,53H,5-8,14-18,20-22H2,1-4H3,(H,38,45). The van der Waals surface area contributed by atoms with Crippen molar-refractivity contribution in [1.82, 2.24) is 25.5 Å². The molecule has 290 valence electrons. The lowest BCUT2D eigenvalue weighted by molar-refractivity contribution is -0.233. The van der Waals surface area contributed by atoms with Gasteiger partial charge in [0.2, 0.25) is 8.03 Å². The first-order valence-corrected chi connectivity index (χ1v) is 19.4. The van der Waals surface area contributed by atoms with Crippen LogP contribution in [0, 0.1) is 0 Å². The quantitative estimate of drug-likeness (QED) is 0.0970. The van der Waals surface area contributed by atoms with Crippen molar-refractivity contribution in [1.29, 1.82) is 0 Å². The molecule has 18 heteroatoms. The van der Waals surface area contributed by atoms with Gasteiger partial charge in [-0.2, -0.15) is 0 Å². The van der Waals surface area contributed by atoms with E-state index in [4.69, 9.17) is 28.5 Å². The second-order valence-electron chi connectivity index (χ2n) is 12.4. The Balaban J connectivity index is 1.66. The van der Waals surface area contributed by atoms with Crippen LogP contribution in [0.25, 0.3) is 11.4 Å². The van der Waals surface area contributed by atoms with Crippen molar-refractivity contribution < 1.29 is 52.0 Å². The number of nitrogens with zero attached hydrogens (tertiary/aromatic N) is 4. The molecular formula is C35H49N6O11P. The average Bonchev–Trinajstić information content (AvgIpc) is 3.67. The predicted octanol–water partition coefficient (Wildman–Crippen LogP) is 2.93. The maximum absolute atomic E-state index is 14.3. The van der Waals surface area contributed by atoms with Gasteiger partial charge in [0.25, 0.3) is 5.91 Å². The number of anilines is 1. The molecule has 0 bridgehead atoms. The van der Waals surface area contributed by atoms with E-state index in [-0.39, 0.29) is 50.2 Å². The molecule has 0 radical (unpaired) electrons. The van der Waals surface area contributed by atoms with E-state index in [1.807, 2.05) is 30.0 Å². The van der Waals surface area contributed by atoms with Crippen LogP contribution in [-0.4, -0.2) is 122 Å². The van der Waals surface area contributed by atoms with Gasteiger partial charge in [0.15, 0.2) is 11.6 Å². The molecule has 4 rings (SSSR count). The van der Waals surface area contributed by atoms with E-state index < -0.39 is 62.5 Å². The summed E-state index contributed by atoms with van der Waals surface area (Å²) in [7, 11) is -1.76. The second-order valence-corrected chi connectivity index (χ2v) is 13.8. The molecule has 0 aliphatic carbocycles. The fourth-order valence-corrected chi connectivity index (χ4v) is 6.63. The van der Waals surface area contributed by atoms with Gasteiger partial charge in [0.1, 0.15) is 17.6 Å². The highest BCUT2D eigenvalue weighted by atomic mass is 31.1. The lowest BCUT2D eigenvalue weighted by Crippen LogP contribution is -2.61. The number of esters is 2. The Hall–Kier alpha value is -4.44. The molecule has 2 amide bonds. The zero-order valence-electron chi connectivity index (χ0n) is 30.5. The average molecular weight is 761 g/mol. The minimum atomic E-state index is -3.39. The molecule has 2 aliphatic heterocycles.